The highest BCUT2D eigenvalue weighted by Crippen LogP contribution is 2.16. The maximum Gasteiger partial charge on any atom is 0.244 e. The molecule has 3 rings (SSSR count). The summed E-state index contributed by atoms with van der Waals surface area (Å²) >= 11 is 0. The fraction of sp³-hybridized carbons (Fsp3) is 0.348. The van der Waals surface area contributed by atoms with Crippen molar-refractivity contribution in [1.29, 1.82) is 0 Å². The van der Waals surface area contributed by atoms with Crippen molar-refractivity contribution in [3.63, 3.8) is 0 Å². The van der Waals surface area contributed by atoms with Crippen molar-refractivity contribution in [3.8, 4) is 5.75 Å². The number of morpholine rings is 1. The minimum atomic E-state index is -0.101. The van der Waals surface area contributed by atoms with E-state index in [-0.39, 0.29) is 11.9 Å². The molecule has 0 radical (unpaired) electrons. The van der Waals surface area contributed by atoms with E-state index in [1.807, 2.05) is 55.5 Å². The Bertz CT molecular complexity index is 753. The lowest BCUT2D eigenvalue weighted by molar-refractivity contribution is -0.117. The van der Waals surface area contributed by atoms with Gasteiger partial charge in [0, 0.05) is 25.7 Å². The van der Waals surface area contributed by atoms with E-state index < -0.39 is 0 Å². The lowest BCUT2D eigenvalue weighted by Crippen LogP contribution is -2.42. The van der Waals surface area contributed by atoms with E-state index in [9.17, 15) is 4.79 Å². The van der Waals surface area contributed by atoms with E-state index in [0.29, 0.717) is 6.61 Å². The molecule has 1 aliphatic rings. The van der Waals surface area contributed by atoms with Crippen molar-refractivity contribution in [2.75, 3.05) is 39.5 Å². The lowest BCUT2D eigenvalue weighted by Gasteiger charge is -2.31. The molecule has 1 saturated heterocycles. The second-order valence-corrected chi connectivity index (χ2v) is 6.72. The van der Waals surface area contributed by atoms with E-state index in [4.69, 9.17) is 9.47 Å². The van der Waals surface area contributed by atoms with Crippen LogP contribution in [0.5, 0.6) is 5.75 Å². The molecule has 0 unspecified atom stereocenters. The Morgan fingerprint density at radius 2 is 1.86 bits per heavy atom. The molecule has 1 heterocycles. The fourth-order valence-electron chi connectivity index (χ4n) is 3.20. The van der Waals surface area contributed by atoms with Crippen LogP contribution in [0.3, 0.4) is 0 Å². The molecule has 2 aromatic rings. The van der Waals surface area contributed by atoms with Gasteiger partial charge < -0.3 is 14.8 Å². The van der Waals surface area contributed by atoms with Crippen LogP contribution in [0.4, 0.5) is 0 Å². The molecule has 148 valence electrons. The predicted molar refractivity (Wildman–Crippen MR) is 111 cm³/mol. The molecule has 0 spiro atoms. The molecule has 5 heteroatoms. The van der Waals surface area contributed by atoms with Gasteiger partial charge in [0.25, 0.3) is 0 Å². The van der Waals surface area contributed by atoms with Gasteiger partial charge in [-0.15, -0.1) is 0 Å². The van der Waals surface area contributed by atoms with Gasteiger partial charge in [-0.2, -0.15) is 0 Å². The Labute approximate surface area is 167 Å². The van der Waals surface area contributed by atoms with Crippen molar-refractivity contribution in [2.24, 2.45) is 0 Å². The average molecular weight is 380 g/mol. The molecular weight excluding hydrogens is 352 g/mol. The number of hydrogen-bond acceptors (Lipinski definition) is 4. The van der Waals surface area contributed by atoms with Crippen molar-refractivity contribution in [1.82, 2.24) is 10.2 Å². The van der Waals surface area contributed by atoms with Crippen molar-refractivity contribution >= 4 is 12.0 Å². The van der Waals surface area contributed by atoms with Gasteiger partial charge in [-0.05, 0) is 36.3 Å². The van der Waals surface area contributed by atoms with E-state index in [1.165, 1.54) is 0 Å². The van der Waals surface area contributed by atoms with Gasteiger partial charge in [-0.1, -0.05) is 42.5 Å². The van der Waals surface area contributed by atoms with Crippen LogP contribution in [-0.4, -0.2) is 50.3 Å². The molecule has 1 N–H and O–H groups in total. The molecule has 28 heavy (non-hydrogen) atoms. The third-order valence-electron chi connectivity index (χ3n) is 4.68. The normalized spacial score (nSPS) is 16.0. The van der Waals surface area contributed by atoms with Crippen LogP contribution in [-0.2, 0) is 9.53 Å². The van der Waals surface area contributed by atoms with Crippen molar-refractivity contribution in [2.45, 2.75) is 13.0 Å². The lowest BCUT2D eigenvalue weighted by atomic mass is 10.1. The van der Waals surface area contributed by atoms with Gasteiger partial charge in [-0.25, -0.2) is 0 Å². The zero-order valence-corrected chi connectivity index (χ0v) is 16.3. The Balaban J connectivity index is 1.62. The van der Waals surface area contributed by atoms with Crippen molar-refractivity contribution < 1.29 is 14.3 Å². The monoisotopic (exact) mass is 380 g/mol. The zero-order chi connectivity index (χ0) is 19.6. The Hall–Kier alpha value is -2.63. The highest BCUT2D eigenvalue weighted by molar-refractivity contribution is 5.92. The van der Waals surface area contributed by atoms with Gasteiger partial charge in [-0.3, -0.25) is 9.69 Å². The summed E-state index contributed by atoms with van der Waals surface area (Å²) in [5.74, 6) is 0.731. The van der Waals surface area contributed by atoms with Crippen LogP contribution in [0.15, 0.2) is 60.7 Å². The van der Waals surface area contributed by atoms with Crippen LogP contribution < -0.4 is 10.1 Å². The number of rotatable bonds is 8. The minimum absolute atomic E-state index is 0.0585. The highest BCUT2D eigenvalue weighted by atomic mass is 16.5. The van der Waals surface area contributed by atoms with Gasteiger partial charge >= 0.3 is 0 Å². The summed E-state index contributed by atoms with van der Waals surface area (Å²) in [5, 5.41) is 3.15. The van der Waals surface area contributed by atoms with Gasteiger partial charge in [0.1, 0.15) is 5.75 Å². The second kappa shape index (κ2) is 10.6. The molecule has 1 fully saturated rings. The van der Waals surface area contributed by atoms with Gasteiger partial charge in [0.15, 0.2) is 0 Å². The fourth-order valence-corrected chi connectivity index (χ4v) is 3.20. The number of benzene rings is 2. The number of carbonyl (C=O) groups excluding carboxylic acids is 1. The quantitative estimate of drug-likeness (QED) is 0.714. The summed E-state index contributed by atoms with van der Waals surface area (Å²) in [7, 11) is 0. The third-order valence-corrected chi connectivity index (χ3v) is 4.68. The number of nitrogens with one attached hydrogen (secondary N) is 1. The Morgan fingerprint density at radius 1 is 1.14 bits per heavy atom. The van der Waals surface area contributed by atoms with E-state index in [0.717, 1.165) is 49.7 Å². The maximum absolute atomic E-state index is 12.5. The van der Waals surface area contributed by atoms with Crippen LogP contribution in [0, 0.1) is 0 Å². The summed E-state index contributed by atoms with van der Waals surface area (Å²) in [6.45, 7) is 6.64. The zero-order valence-electron chi connectivity index (χ0n) is 16.3. The van der Waals surface area contributed by atoms with Gasteiger partial charge in [0.05, 0.1) is 25.9 Å². The van der Waals surface area contributed by atoms with E-state index in [1.54, 1.807) is 6.08 Å². The Morgan fingerprint density at radius 3 is 2.54 bits per heavy atom. The molecule has 0 aromatic heterocycles. The Kier molecular flexibility index (Phi) is 7.64. The molecule has 2 aromatic carbocycles. The molecule has 0 saturated carbocycles. The number of carbonyl (C=O) groups is 1. The third kappa shape index (κ3) is 6.22. The summed E-state index contributed by atoms with van der Waals surface area (Å²) in [4.78, 5) is 14.9. The summed E-state index contributed by atoms with van der Waals surface area (Å²) in [6.07, 6.45) is 3.41. The number of hydrogen-bond donors (Lipinski definition) is 1. The SMILES string of the molecule is CCOc1ccc(/C=C/C(=O)N[C@H](CN2CCOCC2)c2ccccc2)cc1. The average Bonchev–Trinajstić information content (AvgIpc) is 2.74. The van der Waals surface area contributed by atoms with Crippen LogP contribution in [0.25, 0.3) is 6.08 Å². The molecule has 0 bridgehead atoms. The van der Waals surface area contributed by atoms with Crippen molar-refractivity contribution in [3.05, 3.63) is 71.8 Å². The van der Waals surface area contributed by atoms with Crippen LogP contribution in [0.1, 0.15) is 24.1 Å². The number of ether oxygens (including phenoxy) is 2. The first-order valence-electron chi connectivity index (χ1n) is 9.81. The topological polar surface area (TPSA) is 50.8 Å². The summed E-state index contributed by atoms with van der Waals surface area (Å²) in [6, 6.07) is 17.8. The standard InChI is InChI=1S/C23H28N2O3/c1-2-28-21-11-8-19(9-12-21)10-13-23(26)24-22(20-6-4-3-5-7-20)18-25-14-16-27-17-15-25/h3-13,22H,2,14-18H2,1H3,(H,24,26)/b13-10+/t22-/m1/s1. The highest BCUT2D eigenvalue weighted by Gasteiger charge is 2.19. The molecule has 1 amide bonds. The summed E-state index contributed by atoms with van der Waals surface area (Å²) in [5.41, 5.74) is 2.07. The second-order valence-electron chi connectivity index (χ2n) is 6.72. The predicted octanol–water partition coefficient (Wildman–Crippen LogP) is 3.29. The van der Waals surface area contributed by atoms with Crippen LogP contribution in [0.2, 0.25) is 0 Å². The van der Waals surface area contributed by atoms with E-state index in [2.05, 4.69) is 22.3 Å². The molecule has 1 aliphatic heterocycles. The van der Waals surface area contributed by atoms with Gasteiger partial charge in [0.2, 0.25) is 5.91 Å². The maximum atomic E-state index is 12.5. The smallest absolute Gasteiger partial charge is 0.244 e. The largest absolute Gasteiger partial charge is 0.494 e. The van der Waals surface area contributed by atoms with Crippen LogP contribution >= 0.6 is 0 Å². The molecule has 5 nitrogen and oxygen atoms in total. The van der Waals surface area contributed by atoms with E-state index >= 15 is 0 Å². The first kappa shape index (κ1) is 20.1. The number of nitrogens with zero attached hydrogens (tertiary/aromatic N) is 1. The molecular formula is C23H28N2O3. The first-order valence-corrected chi connectivity index (χ1v) is 9.81. The molecule has 1 atom stereocenters. The minimum Gasteiger partial charge on any atom is -0.494 e. The first-order chi connectivity index (χ1) is 13.7. The summed E-state index contributed by atoms with van der Waals surface area (Å²) < 4.78 is 10.9. The molecule has 0 aliphatic carbocycles. The number of amides is 1.